The number of aryl methyl sites for hydroxylation is 1. The molecule has 0 aliphatic carbocycles. The average molecular weight is 292 g/mol. The van der Waals surface area contributed by atoms with Crippen molar-refractivity contribution in [1.29, 1.82) is 0 Å². The van der Waals surface area contributed by atoms with Crippen LogP contribution in [0.5, 0.6) is 0 Å². The van der Waals surface area contributed by atoms with Gasteiger partial charge in [0, 0.05) is 16.6 Å². The largest absolute Gasteiger partial charge is 0.332 e. The van der Waals surface area contributed by atoms with Crippen LogP contribution in [0.15, 0.2) is 60.7 Å². The summed E-state index contributed by atoms with van der Waals surface area (Å²) in [6, 6.07) is 21.0. The molecule has 1 aromatic heterocycles. The standard InChI is InChI=1S/C19H21N3/c1-14-13-18(16-11-7-8-12-17(16)20-14)21-19(22(2)3)15-9-5-4-6-10-15/h4-13,19H,1-3H3,(H,20,21)/p+1. The van der Waals surface area contributed by atoms with E-state index < -0.39 is 0 Å². The van der Waals surface area contributed by atoms with Crippen molar-refractivity contribution < 1.29 is 4.90 Å². The van der Waals surface area contributed by atoms with Crippen LogP contribution in [0, 0.1) is 6.92 Å². The second kappa shape index (κ2) is 6.16. The third-order valence-electron chi connectivity index (χ3n) is 3.85. The maximum atomic E-state index is 4.61. The van der Waals surface area contributed by atoms with Crippen molar-refractivity contribution >= 4 is 16.6 Å². The Balaban J connectivity index is 2.04. The highest BCUT2D eigenvalue weighted by atomic mass is 15.2. The first-order valence-electron chi connectivity index (χ1n) is 7.63. The molecule has 0 saturated carbocycles. The molecule has 3 aromatic rings. The van der Waals surface area contributed by atoms with Crippen molar-refractivity contribution in [3.05, 3.63) is 71.9 Å². The molecule has 2 aromatic carbocycles. The van der Waals surface area contributed by atoms with Crippen molar-refractivity contribution in [3.8, 4) is 0 Å². The van der Waals surface area contributed by atoms with Crippen LogP contribution in [0.4, 0.5) is 5.69 Å². The minimum atomic E-state index is 0.200. The lowest BCUT2D eigenvalue weighted by Gasteiger charge is -2.24. The molecule has 112 valence electrons. The Morgan fingerprint density at radius 1 is 0.955 bits per heavy atom. The van der Waals surface area contributed by atoms with Gasteiger partial charge in [0.25, 0.3) is 0 Å². The molecule has 1 heterocycles. The van der Waals surface area contributed by atoms with Crippen molar-refractivity contribution in [2.45, 2.75) is 13.1 Å². The van der Waals surface area contributed by atoms with Crippen molar-refractivity contribution in [2.75, 3.05) is 19.4 Å². The van der Waals surface area contributed by atoms with Crippen LogP contribution in [0.25, 0.3) is 10.9 Å². The number of hydrogen-bond donors (Lipinski definition) is 2. The Kier molecular flexibility index (Phi) is 4.07. The van der Waals surface area contributed by atoms with E-state index in [1.54, 1.807) is 0 Å². The average Bonchev–Trinajstić information content (AvgIpc) is 2.52. The zero-order valence-corrected chi connectivity index (χ0v) is 13.3. The van der Waals surface area contributed by atoms with Gasteiger partial charge in [-0.05, 0) is 19.1 Å². The summed E-state index contributed by atoms with van der Waals surface area (Å²) < 4.78 is 0. The fourth-order valence-corrected chi connectivity index (χ4v) is 2.79. The van der Waals surface area contributed by atoms with Gasteiger partial charge >= 0.3 is 0 Å². The third kappa shape index (κ3) is 2.95. The molecule has 0 aliphatic heterocycles. The lowest BCUT2D eigenvalue weighted by molar-refractivity contribution is -0.888. The van der Waals surface area contributed by atoms with E-state index in [1.165, 1.54) is 10.5 Å². The lowest BCUT2D eigenvalue weighted by Crippen LogP contribution is -3.07. The van der Waals surface area contributed by atoms with Crippen LogP contribution < -0.4 is 10.2 Å². The first kappa shape index (κ1) is 14.5. The molecule has 0 amide bonds. The van der Waals surface area contributed by atoms with Gasteiger partial charge in [-0.1, -0.05) is 48.5 Å². The second-order valence-electron chi connectivity index (χ2n) is 5.89. The molecule has 3 heteroatoms. The molecule has 1 atom stereocenters. The number of benzene rings is 2. The summed E-state index contributed by atoms with van der Waals surface area (Å²) in [5.74, 6) is 0. The summed E-state index contributed by atoms with van der Waals surface area (Å²) in [5.41, 5.74) is 4.48. The van der Waals surface area contributed by atoms with Crippen molar-refractivity contribution in [3.63, 3.8) is 0 Å². The minimum absolute atomic E-state index is 0.200. The summed E-state index contributed by atoms with van der Waals surface area (Å²) in [6.45, 7) is 2.04. The fourth-order valence-electron chi connectivity index (χ4n) is 2.79. The van der Waals surface area contributed by atoms with Gasteiger partial charge in [-0.25, -0.2) is 0 Å². The predicted octanol–water partition coefficient (Wildman–Crippen LogP) is 2.80. The molecule has 0 fully saturated rings. The van der Waals surface area contributed by atoms with Gasteiger partial charge in [-0.15, -0.1) is 0 Å². The summed E-state index contributed by atoms with van der Waals surface area (Å²) in [5, 5.41) is 4.86. The van der Waals surface area contributed by atoms with Crippen LogP contribution in [-0.4, -0.2) is 19.1 Å². The molecule has 22 heavy (non-hydrogen) atoms. The first-order valence-corrected chi connectivity index (χ1v) is 7.63. The highest BCUT2D eigenvalue weighted by Gasteiger charge is 2.18. The number of aromatic nitrogens is 1. The SMILES string of the molecule is Cc1cc(NC(c2ccccc2)[NH+](C)C)c2ccccc2n1. The van der Waals surface area contributed by atoms with E-state index in [2.05, 4.69) is 79.0 Å². The Bertz CT molecular complexity index is 766. The number of fused-ring (bicyclic) bond motifs is 1. The number of para-hydroxylation sites is 1. The Morgan fingerprint density at radius 3 is 2.36 bits per heavy atom. The highest BCUT2D eigenvalue weighted by molar-refractivity contribution is 5.91. The Labute approximate surface area is 131 Å². The molecule has 2 N–H and O–H groups in total. The van der Waals surface area contributed by atoms with Gasteiger partial charge in [0.2, 0.25) is 0 Å². The van der Waals surface area contributed by atoms with E-state index in [0.29, 0.717) is 0 Å². The van der Waals surface area contributed by atoms with E-state index in [4.69, 9.17) is 0 Å². The summed E-state index contributed by atoms with van der Waals surface area (Å²) in [6.07, 6.45) is 0.200. The van der Waals surface area contributed by atoms with Gasteiger partial charge in [-0.3, -0.25) is 4.98 Å². The smallest absolute Gasteiger partial charge is 0.186 e. The highest BCUT2D eigenvalue weighted by Crippen LogP contribution is 2.25. The monoisotopic (exact) mass is 292 g/mol. The summed E-state index contributed by atoms with van der Waals surface area (Å²) in [4.78, 5) is 5.95. The first-order chi connectivity index (χ1) is 10.6. The van der Waals surface area contributed by atoms with E-state index in [-0.39, 0.29) is 6.17 Å². The third-order valence-corrected chi connectivity index (χ3v) is 3.85. The molecule has 1 unspecified atom stereocenters. The molecular weight excluding hydrogens is 270 g/mol. The molecule has 0 spiro atoms. The predicted molar refractivity (Wildman–Crippen MR) is 92.1 cm³/mol. The molecule has 0 saturated heterocycles. The van der Waals surface area contributed by atoms with E-state index in [0.717, 1.165) is 22.3 Å². The van der Waals surface area contributed by atoms with Crippen LogP contribution in [0.3, 0.4) is 0 Å². The maximum absolute atomic E-state index is 4.61. The van der Waals surface area contributed by atoms with E-state index in [1.807, 2.05) is 13.0 Å². The Morgan fingerprint density at radius 2 is 1.64 bits per heavy atom. The Hall–Kier alpha value is -2.39. The summed E-state index contributed by atoms with van der Waals surface area (Å²) in [7, 11) is 4.34. The zero-order chi connectivity index (χ0) is 15.5. The van der Waals surface area contributed by atoms with E-state index >= 15 is 0 Å². The van der Waals surface area contributed by atoms with Crippen LogP contribution in [-0.2, 0) is 0 Å². The van der Waals surface area contributed by atoms with Crippen LogP contribution in [0.2, 0.25) is 0 Å². The number of rotatable bonds is 4. The molecule has 3 nitrogen and oxygen atoms in total. The fraction of sp³-hybridized carbons (Fsp3) is 0.211. The van der Waals surface area contributed by atoms with Gasteiger partial charge in [0.1, 0.15) is 0 Å². The molecule has 0 aliphatic rings. The van der Waals surface area contributed by atoms with Gasteiger partial charge in [0.05, 0.1) is 25.3 Å². The maximum Gasteiger partial charge on any atom is 0.186 e. The van der Waals surface area contributed by atoms with Gasteiger partial charge in [-0.2, -0.15) is 0 Å². The van der Waals surface area contributed by atoms with Gasteiger partial charge in [0.15, 0.2) is 6.17 Å². The lowest BCUT2D eigenvalue weighted by atomic mass is 10.1. The number of hydrogen-bond acceptors (Lipinski definition) is 2. The topological polar surface area (TPSA) is 29.4 Å². The number of nitrogens with one attached hydrogen (secondary N) is 2. The number of anilines is 1. The van der Waals surface area contributed by atoms with Crippen molar-refractivity contribution in [1.82, 2.24) is 4.98 Å². The second-order valence-corrected chi connectivity index (χ2v) is 5.89. The number of nitrogens with zero attached hydrogens (tertiary/aromatic N) is 1. The zero-order valence-electron chi connectivity index (χ0n) is 13.3. The van der Waals surface area contributed by atoms with E-state index in [9.17, 15) is 0 Å². The minimum Gasteiger partial charge on any atom is -0.332 e. The normalized spacial score (nSPS) is 12.5. The van der Waals surface area contributed by atoms with Crippen LogP contribution in [0.1, 0.15) is 17.4 Å². The number of pyridine rings is 1. The summed E-state index contributed by atoms with van der Waals surface area (Å²) >= 11 is 0. The molecule has 0 radical (unpaired) electrons. The van der Waals surface area contributed by atoms with Crippen molar-refractivity contribution in [2.24, 2.45) is 0 Å². The molecule has 0 bridgehead atoms. The molecule has 3 rings (SSSR count). The molecular formula is C19H22N3+. The van der Waals surface area contributed by atoms with Crippen LogP contribution >= 0.6 is 0 Å². The number of quaternary nitrogens is 1. The van der Waals surface area contributed by atoms with Gasteiger partial charge < -0.3 is 10.2 Å². The quantitative estimate of drug-likeness (QED) is 0.724.